The number of likely N-dealkylation sites (tertiary alicyclic amines) is 1. The number of halogens is 1. The first-order valence-electron chi connectivity index (χ1n) is 14.9. The van der Waals surface area contributed by atoms with E-state index in [1.807, 2.05) is 17.9 Å². The van der Waals surface area contributed by atoms with E-state index in [1.165, 1.54) is 12.1 Å². The molecule has 0 unspecified atom stereocenters. The number of imidazole rings is 1. The molecule has 0 spiro atoms. The zero-order valence-electron chi connectivity index (χ0n) is 24.1. The van der Waals surface area contributed by atoms with Crippen molar-refractivity contribution in [3.8, 4) is 22.6 Å². The van der Waals surface area contributed by atoms with Gasteiger partial charge in [0, 0.05) is 57.7 Å². The second-order valence-electron chi connectivity index (χ2n) is 11.5. The van der Waals surface area contributed by atoms with Gasteiger partial charge in [-0.25, -0.2) is 19.3 Å². The average molecular weight is 579 g/mol. The maximum absolute atomic E-state index is 13.8. The number of benzene rings is 1. The van der Waals surface area contributed by atoms with Crippen LogP contribution in [0.5, 0.6) is 0 Å². The second kappa shape index (κ2) is 12.8. The van der Waals surface area contributed by atoms with E-state index < -0.39 is 11.7 Å². The van der Waals surface area contributed by atoms with Crippen LogP contribution in [0.15, 0.2) is 36.5 Å². The van der Waals surface area contributed by atoms with E-state index in [9.17, 15) is 9.18 Å². The van der Waals surface area contributed by atoms with Crippen molar-refractivity contribution in [1.29, 1.82) is 0 Å². The van der Waals surface area contributed by atoms with E-state index in [-0.39, 0.29) is 24.9 Å². The Kier molecular flexibility index (Phi) is 8.75. The zero-order valence-corrected chi connectivity index (χ0v) is 24.1. The number of rotatable bonds is 9. The average Bonchev–Trinajstić information content (AvgIpc) is 3.71. The van der Waals surface area contributed by atoms with Crippen LogP contribution < -0.4 is 10.6 Å². The van der Waals surface area contributed by atoms with Gasteiger partial charge in [-0.2, -0.15) is 0 Å². The number of amides is 1. The van der Waals surface area contributed by atoms with E-state index >= 15 is 0 Å². The van der Waals surface area contributed by atoms with Crippen LogP contribution in [0.3, 0.4) is 0 Å². The van der Waals surface area contributed by atoms with E-state index in [0.29, 0.717) is 28.9 Å². The van der Waals surface area contributed by atoms with Gasteiger partial charge in [0.25, 0.3) is 0 Å². The monoisotopic (exact) mass is 578 g/mol. The number of piperidine rings is 1. The van der Waals surface area contributed by atoms with Crippen LogP contribution in [0.1, 0.15) is 44.7 Å². The zero-order chi connectivity index (χ0) is 28.9. The van der Waals surface area contributed by atoms with Crippen molar-refractivity contribution in [3.05, 3.63) is 48.2 Å². The number of H-pyrrole nitrogens is 1. The van der Waals surface area contributed by atoms with Gasteiger partial charge in [0.1, 0.15) is 5.82 Å². The standard InChI is InChI=1S/C30H39FN8O3/c1-30(28(40)39-15-3-2-4-16-39)18-41-27(42-19-30)26-36-24(21-6-8-22(31)9-7-21)25(37-26)23-10-12-34-29(35-23)33-11-5-14-38-17-13-32-20-38/h6-10,12,27,32H,2-5,11,13-20H2,1H3,(H,36,37)(H,33,34,35). The molecule has 3 aliphatic rings. The number of aromatic amines is 1. The summed E-state index contributed by atoms with van der Waals surface area (Å²) in [5.74, 6) is 0.728. The van der Waals surface area contributed by atoms with Gasteiger partial charge in [-0.05, 0) is 62.9 Å². The Morgan fingerprint density at radius 3 is 2.62 bits per heavy atom. The molecular weight excluding hydrogens is 539 g/mol. The summed E-state index contributed by atoms with van der Waals surface area (Å²) in [5, 5.41) is 6.67. The van der Waals surface area contributed by atoms with Gasteiger partial charge in [0.05, 0.1) is 35.7 Å². The first-order valence-corrected chi connectivity index (χ1v) is 14.9. The van der Waals surface area contributed by atoms with Crippen molar-refractivity contribution in [2.45, 2.75) is 38.9 Å². The minimum absolute atomic E-state index is 0.0749. The summed E-state index contributed by atoms with van der Waals surface area (Å²) in [7, 11) is 0. The first kappa shape index (κ1) is 28.7. The molecule has 6 rings (SSSR count). The molecule has 0 aliphatic carbocycles. The molecule has 3 saturated heterocycles. The van der Waals surface area contributed by atoms with Gasteiger partial charge >= 0.3 is 0 Å². The molecule has 1 aromatic carbocycles. The molecule has 224 valence electrons. The molecule has 12 heteroatoms. The SMILES string of the molecule is CC1(C(=O)N2CCCCC2)COC(c2nc(-c3ccc(F)cc3)c(-c3ccnc(NCCCN4CCNC4)n3)[nH]2)OC1. The van der Waals surface area contributed by atoms with E-state index in [4.69, 9.17) is 19.4 Å². The summed E-state index contributed by atoms with van der Waals surface area (Å²) in [5.41, 5.74) is 1.86. The molecule has 2 aromatic heterocycles. The van der Waals surface area contributed by atoms with Gasteiger partial charge in [-0.1, -0.05) is 0 Å². The number of nitrogens with one attached hydrogen (secondary N) is 3. The maximum Gasteiger partial charge on any atom is 0.233 e. The number of anilines is 1. The summed E-state index contributed by atoms with van der Waals surface area (Å²) in [6.45, 7) is 8.71. The van der Waals surface area contributed by atoms with Crippen LogP contribution in [0, 0.1) is 11.2 Å². The lowest BCUT2D eigenvalue weighted by atomic mass is 9.89. The Labute approximate surface area is 245 Å². The number of hydrogen-bond donors (Lipinski definition) is 3. The lowest BCUT2D eigenvalue weighted by Crippen LogP contribution is -2.51. The van der Waals surface area contributed by atoms with Gasteiger partial charge in [-0.3, -0.25) is 9.69 Å². The number of carbonyl (C=O) groups excluding carboxylic acids is 1. The minimum atomic E-state index is -0.778. The summed E-state index contributed by atoms with van der Waals surface area (Å²) >= 11 is 0. The van der Waals surface area contributed by atoms with Crippen molar-refractivity contribution < 1.29 is 18.7 Å². The molecule has 11 nitrogen and oxygen atoms in total. The highest BCUT2D eigenvalue weighted by atomic mass is 19.1. The van der Waals surface area contributed by atoms with E-state index in [1.54, 1.807) is 18.3 Å². The minimum Gasteiger partial charge on any atom is -0.354 e. The third-order valence-electron chi connectivity index (χ3n) is 8.12. The van der Waals surface area contributed by atoms with Gasteiger partial charge < -0.3 is 30.0 Å². The fourth-order valence-corrected chi connectivity index (χ4v) is 5.70. The highest BCUT2D eigenvalue weighted by molar-refractivity contribution is 5.83. The summed E-state index contributed by atoms with van der Waals surface area (Å²) in [4.78, 5) is 34.9. The Hall–Kier alpha value is -3.45. The molecule has 3 fully saturated rings. The quantitative estimate of drug-likeness (QED) is 0.328. The summed E-state index contributed by atoms with van der Waals surface area (Å²) < 4.78 is 26.0. The smallest absolute Gasteiger partial charge is 0.233 e. The Morgan fingerprint density at radius 1 is 1.10 bits per heavy atom. The molecule has 3 aliphatic heterocycles. The van der Waals surface area contributed by atoms with E-state index in [0.717, 1.165) is 77.2 Å². The predicted octanol–water partition coefficient (Wildman–Crippen LogP) is 3.40. The van der Waals surface area contributed by atoms with Crippen molar-refractivity contribution in [2.75, 3.05) is 64.5 Å². The number of hydrogen-bond acceptors (Lipinski definition) is 9. The molecule has 0 radical (unpaired) electrons. The lowest BCUT2D eigenvalue weighted by Gasteiger charge is -2.40. The lowest BCUT2D eigenvalue weighted by molar-refractivity contribution is -0.234. The van der Waals surface area contributed by atoms with Crippen LogP contribution in [-0.2, 0) is 14.3 Å². The highest BCUT2D eigenvalue weighted by Gasteiger charge is 2.43. The second-order valence-corrected chi connectivity index (χ2v) is 11.5. The molecule has 3 N–H and O–H groups in total. The molecule has 0 saturated carbocycles. The van der Waals surface area contributed by atoms with Crippen LogP contribution in [0.4, 0.5) is 10.3 Å². The number of carbonyl (C=O) groups is 1. The normalized spacial score (nSPS) is 23.3. The molecule has 0 bridgehead atoms. The predicted molar refractivity (Wildman–Crippen MR) is 156 cm³/mol. The van der Waals surface area contributed by atoms with Crippen molar-refractivity contribution in [3.63, 3.8) is 0 Å². The molecule has 42 heavy (non-hydrogen) atoms. The van der Waals surface area contributed by atoms with Crippen molar-refractivity contribution in [2.24, 2.45) is 5.41 Å². The first-order chi connectivity index (χ1) is 20.5. The Balaban J connectivity index is 1.19. The number of nitrogens with zero attached hydrogens (tertiary/aromatic N) is 5. The molecule has 0 atom stereocenters. The van der Waals surface area contributed by atoms with Gasteiger partial charge in [0.2, 0.25) is 18.1 Å². The van der Waals surface area contributed by atoms with Crippen LogP contribution in [-0.4, -0.2) is 94.8 Å². The molecular formula is C30H39FN8O3. The van der Waals surface area contributed by atoms with Gasteiger partial charge in [0.15, 0.2) is 5.82 Å². The van der Waals surface area contributed by atoms with E-state index in [2.05, 4.69) is 25.5 Å². The van der Waals surface area contributed by atoms with Crippen LogP contribution >= 0.6 is 0 Å². The molecule has 3 aromatic rings. The largest absolute Gasteiger partial charge is 0.354 e. The Bertz CT molecular complexity index is 1350. The number of aromatic nitrogens is 4. The van der Waals surface area contributed by atoms with Crippen molar-refractivity contribution >= 4 is 11.9 Å². The summed E-state index contributed by atoms with van der Waals surface area (Å²) in [6, 6.07) is 7.98. The number of ether oxygens (including phenoxy) is 2. The maximum atomic E-state index is 13.8. The topological polar surface area (TPSA) is 121 Å². The third kappa shape index (κ3) is 6.46. The van der Waals surface area contributed by atoms with Crippen molar-refractivity contribution in [1.82, 2.24) is 35.1 Å². The highest BCUT2D eigenvalue weighted by Crippen LogP contribution is 2.36. The fourth-order valence-electron chi connectivity index (χ4n) is 5.70. The third-order valence-corrected chi connectivity index (χ3v) is 8.12. The molecule has 5 heterocycles. The Morgan fingerprint density at radius 2 is 1.88 bits per heavy atom. The van der Waals surface area contributed by atoms with Crippen LogP contribution in [0.2, 0.25) is 0 Å². The van der Waals surface area contributed by atoms with Crippen LogP contribution in [0.25, 0.3) is 22.6 Å². The molecule has 1 amide bonds. The van der Waals surface area contributed by atoms with Gasteiger partial charge in [-0.15, -0.1) is 0 Å². The fraction of sp³-hybridized carbons (Fsp3) is 0.533. The summed E-state index contributed by atoms with van der Waals surface area (Å²) in [6.07, 6.45) is 5.12.